The molecule has 36 heavy (non-hydrogen) atoms. The Kier molecular flexibility index (Phi) is 8.63. The van der Waals surface area contributed by atoms with Crippen LogP contribution < -0.4 is 10.6 Å². The Bertz CT molecular complexity index is 1250. The molecule has 7 nitrogen and oxygen atoms in total. The van der Waals surface area contributed by atoms with E-state index >= 15 is 0 Å². The number of para-hydroxylation sites is 1. The molecule has 0 aliphatic rings. The van der Waals surface area contributed by atoms with Gasteiger partial charge in [0.1, 0.15) is 18.2 Å². The minimum Gasteiger partial charge on any atom is -0.315 e. The Hall–Kier alpha value is -3.10. The highest BCUT2D eigenvalue weighted by Crippen LogP contribution is 2.29. The molecule has 0 fully saturated rings. The molecule has 0 saturated carbocycles. The topological polar surface area (TPSA) is 79.3 Å². The summed E-state index contributed by atoms with van der Waals surface area (Å²) in [5.41, 5.74) is 1.13. The lowest BCUT2D eigenvalue weighted by Crippen LogP contribution is -2.42. The molecule has 3 aromatic rings. The molecule has 1 aromatic heterocycles. The maximum atomic E-state index is 14.0. The van der Waals surface area contributed by atoms with Crippen LogP contribution in [-0.2, 0) is 10.2 Å². The van der Waals surface area contributed by atoms with Crippen molar-refractivity contribution in [1.29, 1.82) is 0 Å². The summed E-state index contributed by atoms with van der Waals surface area (Å²) in [6.07, 6.45) is 0. The number of nitrogens with one attached hydrogen (secondary N) is 2. The summed E-state index contributed by atoms with van der Waals surface area (Å²) in [7, 11) is 0. The molecule has 0 aliphatic carbocycles. The van der Waals surface area contributed by atoms with E-state index in [4.69, 9.17) is 23.2 Å². The normalized spacial score (nSPS) is 11.5. The first-order valence-corrected chi connectivity index (χ1v) is 12.3. The molecule has 2 aromatic carbocycles. The van der Waals surface area contributed by atoms with Crippen LogP contribution in [0.3, 0.4) is 0 Å². The molecule has 0 spiro atoms. The lowest BCUT2D eigenvalue weighted by atomic mass is 9.92. The smallest absolute Gasteiger partial charge is 0.315 e. The number of halogens is 3. The van der Waals surface area contributed by atoms with E-state index in [1.54, 1.807) is 35.0 Å². The van der Waals surface area contributed by atoms with E-state index in [-0.39, 0.29) is 23.6 Å². The number of hydrogen-bond acceptors (Lipinski definition) is 3. The summed E-state index contributed by atoms with van der Waals surface area (Å²) in [5.74, 6) is -0.484. The van der Waals surface area contributed by atoms with Crippen molar-refractivity contribution in [3.8, 4) is 5.69 Å². The average Bonchev–Trinajstić information content (AvgIpc) is 3.20. The van der Waals surface area contributed by atoms with Crippen molar-refractivity contribution in [3.05, 3.63) is 70.1 Å². The molecular weight excluding hydrogens is 504 g/mol. The third-order valence-corrected chi connectivity index (χ3v) is 5.95. The zero-order chi connectivity index (χ0) is 26.6. The maximum Gasteiger partial charge on any atom is 0.322 e. The monoisotopic (exact) mass is 533 g/mol. The summed E-state index contributed by atoms with van der Waals surface area (Å²) in [4.78, 5) is 27.3. The molecule has 1 heterocycles. The van der Waals surface area contributed by atoms with Crippen molar-refractivity contribution < 1.29 is 14.0 Å². The van der Waals surface area contributed by atoms with Crippen LogP contribution in [0.25, 0.3) is 5.69 Å². The number of amides is 3. The Morgan fingerprint density at radius 2 is 1.75 bits per heavy atom. The van der Waals surface area contributed by atoms with Gasteiger partial charge >= 0.3 is 6.03 Å². The Morgan fingerprint density at radius 1 is 1.06 bits per heavy atom. The Labute approximate surface area is 220 Å². The van der Waals surface area contributed by atoms with Gasteiger partial charge in [-0.3, -0.25) is 4.79 Å². The summed E-state index contributed by atoms with van der Waals surface area (Å²) in [5, 5.41) is 10.8. The number of anilines is 2. The Balaban J connectivity index is 1.85. The van der Waals surface area contributed by atoms with Gasteiger partial charge in [-0.25, -0.2) is 13.9 Å². The van der Waals surface area contributed by atoms with E-state index in [1.807, 2.05) is 34.6 Å². The predicted octanol–water partition coefficient (Wildman–Crippen LogP) is 6.74. The number of carbonyl (C=O) groups is 2. The second-order valence-electron chi connectivity index (χ2n) is 9.91. The van der Waals surface area contributed by atoms with Crippen molar-refractivity contribution in [3.63, 3.8) is 0 Å². The molecule has 0 bridgehead atoms. The van der Waals surface area contributed by atoms with Gasteiger partial charge in [0.05, 0.1) is 27.1 Å². The number of benzene rings is 2. The zero-order valence-electron chi connectivity index (χ0n) is 20.9. The van der Waals surface area contributed by atoms with Crippen molar-refractivity contribution in [1.82, 2.24) is 14.7 Å². The van der Waals surface area contributed by atoms with Crippen LogP contribution in [0, 0.1) is 11.7 Å². The molecule has 10 heteroatoms. The summed E-state index contributed by atoms with van der Waals surface area (Å²) < 4.78 is 15.6. The maximum absolute atomic E-state index is 14.0. The average molecular weight is 534 g/mol. The third-order valence-electron chi connectivity index (χ3n) is 5.22. The highest BCUT2D eigenvalue weighted by Gasteiger charge is 2.24. The van der Waals surface area contributed by atoms with E-state index in [2.05, 4.69) is 15.7 Å². The highest BCUT2D eigenvalue weighted by atomic mass is 35.5. The van der Waals surface area contributed by atoms with E-state index < -0.39 is 17.8 Å². The van der Waals surface area contributed by atoms with Gasteiger partial charge in [0, 0.05) is 18.0 Å². The fourth-order valence-corrected chi connectivity index (χ4v) is 3.72. The first-order chi connectivity index (χ1) is 16.8. The second-order valence-corrected chi connectivity index (χ2v) is 10.7. The first kappa shape index (κ1) is 27.5. The van der Waals surface area contributed by atoms with E-state index in [0.717, 1.165) is 5.69 Å². The molecule has 3 amide bonds. The van der Waals surface area contributed by atoms with Gasteiger partial charge in [0.15, 0.2) is 0 Å². The third kappa shape index (κ3) is 6.98. The van der Waals surface area contributed by atoms with Crippen LogP contribution in [0.4, 0.5) is 20.7 Å². The van der Waals surface area contributed by atoms with Gasteiger partial charge in [-0.15, -0.1) is 0 Å². The number of aromatic nitrogens is 2. The molecule has 3 rings (SSSR count). The molecule has 2 N–H and O–H groups in total. The zero-order valence-corrected chi connectivity index (χ0v) is 22.4. The highest BCUT2D eigenvalue weighted by molar-refractivity contribution is 6.42. The van der Waals surface area contributed by atoms with Gasteiger partial charge in [0.2, 0.25) is 5.91 Å². The van der Waals surface area contributed by atoms with E-state index in [9.17, 15) is 14.0 Å². The predicted molar refractivity (Wildman–Crippen MR) is 143 cm³/mol. The molecule has 192 valence electrons. The van der Waals surface area contributed by atoms with Crippen LogP contribution in [0.15, 0.2) is 48.5 Å². The first-order valence-electron chi connectivity index (χ1n) is 11.5. The SMILES string of the molecule is CC(C)CN(CC(=O)Nc1cc(C(C)(C)C)nn1-c1ccc(Cl)c(Cl)c1)C(=O)Nc1ccccc1F. The van der Waals surface area contributed by atoms with Crippen LogP contribution in [0.1, 0.15) is 40.3 Å². The summed E-state index contributed by atoms with van der Waals surface area (Å²) in [6.45, 7) is 9.95. The van der Waals surface area contributed by atoms with E-state index in [1.165, 1.54) is 23.1 Å². The van der Waals surface area contributed by atoms with Gasteiger partial charge in [-0.2, -0.15) is 5.10 Å². The van der Waals surface area contributed by atoms with Gasteiger partial charge in [-0.05, 0) is 36.2 Å². The number of rotatable bonds is 7. The largest absolute Gasteiger partial charge is 0.322 e. The quantitative estimate of drug-likeness (QED) is 0.352. The van der Waals surface area contributed by atoms with Crippen molar-refractivity contribution in [2.45, 2.75) is 40.0 Å². The number of nitrogens with zero attached hydrogens (tertiary/aromatic N) is 3. The minimum atomic E-state index is -0.572. The van der Waals surface area contributed by atoms with Crippen LogP contribution in [-0.4, -0.2) is 39.7 Å². The fourth-order valence-electron chi connectivity index (χ4n) is 3.42. The van der Waals surface area contributed by atoms with E-state index in [0.29, 0.717) is 28.1 Å². The van der Waals surface area contributed by atoms with Crippen molar-refractivity contribution in [2.24, 2.45) is 5.92 Å². The number of carbonyl (C=O) groups excluding carboxylic acids is 2. The Morgan fingerprint density at radius 3 is 2.36 bits per heavy atom. The summed E-state index contributed by atoms with van der Waals surface area (Å²) in [6, 6.07) is 12.1. The van der Waals surface area contributed by atoms with Crippen LogP contribution in [0.2, 0.25) is 10.0 Å². The lowest BCUT2D eigenvalue weighted by molar-refractivity contribution is -0.116. The van der Waals surface area contributed by atoms with Crippen LogP contribution >= 0.6 is 23.2 Å². The summed E-state index contributed by atoms with van der Waals surface area (Å²) >= 11 is 12.3. The van der Waals surface area contributed by atoms with Gasteiger partial charge in [0.25, 0.3) is 0 Å². The molecule has 0 unspecified atom stereocenters. The molecule has 0 aliphatic heterocycles. The minimum absolute atomic E-state index is 0.0455. The fraction of sp³-hybridized carbons (Fsp3) is 0.346. The van der Waals surface area contributed by atoms with Crippen molar-refractivity contribution >= 4 is 46.6 Å². The number of urea groups is 1. The van der Waals surface area contributed by atoms with Gasteiger partial charge in [-0.1, -0.05) is 70.0 Å². The number of hydrogen-bond donors (Lipinski definition) is 2. The van der Waals surface area contributed by atoms with Crippen molar-refractivity contribution in [2.75, 3.05) is 23.7 Å². The second kappa shape index (κ2) is 11.3. The van der Waals surface area contributed by atoms with Crippen LogP contribution in [0.5, 0.6) is 0 Å². The van der Waals surface area contributed by atoms with Gasteiger partial charge < -0.3 is 15.5 Å². The molecular formula is C26H30Cl2FN5O2. The molecule has 0 radical (unpaired) electrons. The molecule has 0 saturated heterocycles. The standard InChI is InChI=1S/C26H30Cl2FN5O2/c1-16(2)14-33(25(36)30-21-9-7-6-8-20(21)29)15-24(35)31-23-13-22(26(3,4)5)32-34(23)17-10-11-18(27)19(28)12-17/h6-13,16H,14-15H2,1-5H3,(H,30,36)(H,31,35). The molecule has 0 atom stereocenters. The lowest BCUT2D eigenvalue weighted by Gasteiger charge is -2.24.